The van der Waals surface area contributed by atoms with Crippen LogP contribution in [0, 0.1) is 0 Å². The number of carboxylic acid groups (broad SMARTS) is 1. The number of aliphatic carboxylic acids is 1. The number of nitrogens with zero attached hydrogens (tertiary/aromatic N) is 2. The molecule has 0 spiro atoms. The number of unbranched alkanes of at least 4 members (excludes halogenated alkanes) is 2. The van der Waals surface area contributed by atoms with Gasteiger partial charge in [0.25, 0.3) is 5.91 Å². The molecular weight excluding hydrogens is 392 g/mol. The van der Waals surface area contributed by atoms with Gasteiger partial charge in [-0.3, -0.25) is 14.5 Å². The first kappa shape index (κ1) is 22.4. The summed E-state index contributed by atoms with van der Waals surface area (Å²) in [7, 11) is 0. The maximum atomic E-state index is 12.5. The van der Waals surface area contributed by atoms with Crippen molar-refractivity contribution >= 4 is 51.9 Å². The molecule has 152 valence electrons. The van der Waals surface area contributed by atoms with Gasteiger partial charge in [0.1, 0.15) is 4.32 Å². The molecule has 1 heterocycles. The van der Waals surface area contributed by atoms with Crippen molar-refractivity contribution in [1.82, 2.24) is 4.90 Å². The Hall–Kier alpha value is -1.86. The van der Waals surface area contributed by atoms with E-state index in [1.165, 1.54) is 48.0 Å². The highest BCUT2D eigenvalue weighted by Gasteiger charge is 2.32. The summed E-state index contributed by atoms with van der Waals surface area (Å²) >= 11 is 6.45. The molecule has 0 aromatic heterocycles. The minimum Gasteiger partial charge on any atom is -0.481 e. The average molecular weight is 421 g/mol. The Bertz CT molecular complexity index is 724. The lowest BCUT2D eigenvalue weighted by Crippen LogP contribution is -2.30. The molecule has 1 aliphatic heterocycles. The van der Waals surface area contributed by atoms with Gasteiger partial charge in [-0.15, -0.1) is 0 Å². The largest absolute Gasteiger partial charge is 0.481 e. The topological polar surface area (TPSA) is 60.9 Å². The molecule has 1 aromatic rings. The fourth-order valence-electron chi connectivity index (χ4n) is 2.90. The standard InChI is InChI=1S/C21H28N2O3S2/c1-3-5-12-22(13-6-4-2)17-9-7-16(8-10-17)15-18-20(26)23(21(27)28-18)14-11-19(24)25/h7-10,15H,3-6,11-14H2,1-2H3,(H,24,25)/b18-15-. The van der Waals surface area contributed by atoms with Crippen molar-refractivity contribution < 1.29 is 14.7 Å². The smallest absolute Gasteiger partial charge is 0.305 e. The highest BCUT2D eigenvalue weighted by molar-refractivity contribution is 8.26. The van der Waals surface area contributed by atoms with Crippen molar-refractivity contribution in [1.29, 1.82) is 0 Å². The van der Waals surface area contributed by atoms with Crippen molar-refractivity contribution in [3.05, 3.63) is 34.7 Å². The maximum Gasteiger partial charge on any atom is 0.305 e. The fourth-order valence-corrected chi connectivity index (χ4v) is 4.21. The normalized spacial score (nSPS) is 15.5. The molecule has 1 aromatic carbocycles. The van der Waals surface area contributed by atoms with Gasteiger partial charge < -0.3 is 10.0 Å². The van der Waals surface area contributed by atoms with Gasteiger partial charge in [0, 0.05) is 25.3 Å². The fraction of sp³-hybridized carbons (Fsp3) is 0.476. The summed E-state index contributed by atoms with van der Waals surface area (Å²) in [5.74, 6) is -1.16. The van der Waals surface area contributed by atoms with Gasteiger partial charge >= 0.3 is 5.97 Å². The molecular formula is C21H28N2O3S2. The van der Waals surface area contributed by atoms with Crippen molar-refractivity contribution in [3.63, 3.8) is 0 Å². The van der Waals surface area contributed by atoms with E-state index < -0.39 is 5.97 Å². The third-order valence-corrected chi connectivity index (χ3v) is 5.92. The number of thiocarbonyl (C=S) groups is 1. The molecule has 0 atom stereocenters. The van der Waals surface area contributed by atoms with Crippen LogP contribution in [0.3, 0.4) is 0 Å². The van der Waals surface area contributed by atoms with Crippen LogP contribution in [0.5, 0.6) is 0 Å². The van der Waals surface area contributed by atoms with E-state index in [0.29, 0.717) is 9.23 Å². The second-order valence-corrected chi connectivity index (χ2v) is 8.44. The van der Waals surface area contributed by atoms with E-state index in [4.69, 9.17) is 17.3 Å². The van der Waals surface area contributed by atoms with Gasteiger partial charge in [0.05, 0.1) is 11.3 Å². The predicted molar refractivity (Wildman–Crippen MR) is 121 cm³/mol. The van der Waals surface area contributed by atoms with Crippen LogP contribution >= 0.6 is 24.0 Å². The highest BCUT2D eigenvalue weighted by Crippen LogP contribution is 2.32. The summed E-state index contributed by atoms with van der Waals surface area (Å²) in [4.78, 5) is 27.6. The molecule has 0 radical (unpaired) electrons. The van der Waals surface area contributed by atoms with E-state index in [1.54, 1.807) is 0 Å². The maximum absolute atomic E-state index is 12.5. The Kier molecular flexibility index (Phi) is 8.99. The first-order valence-corrected chi connectivity index (χ1v) is 11.0. The van der Waals surface area contributed by atoms with Crippen LogP contribution in [-0.4, -0.2) is 45.8 Å². The van der Waals surface area contributed by atoms with Gasteiger partial charge in [0.15, 0.2) is 0 Å². The first-order chi connectivity index (χ1) is 13.5. The Balaban J connectivity index is 2.08. The van der Waals surface area contributed by atoms with Crippen LogP contribution in [0.15, 0.2) is 29.2 Å². The average Bonchev–Trinajstić information content (AvgIpc) is 2.94. The van der Waals surface area contributed by atoms with Crippen LogP contribution in [0.25, 0.3) is 6.08 Å². The molecule has 7 heteroatoms. The molecule has 1 aliphatic rings. The van der Waals surface area contributed by atoms with Crippen molar-refractivity contribution in [2.45, 2.75) is 46.0 Å². The first-order valence-electron chi connectivity index (χ1n) is 9.78. The van der Waals surface area contributed by atoms with E-state index >= 15 is 0 Å². The number of anilines is 1. The van der Waals surface area contributed by atoms with E-state index in [1.807, 2.05) is 18.2 Å². The van der Waals surface area contributed by atoms with E-state index in [0.717, 1.165) is 18.7 Å². The monoisotopic (exact) mass is 420 g/mol. The second kappa shape index (κ2) is 11.2. The molecule has 1 fully saturated rings. The van der Waals surface area contributed by atoms with E-state index in [9.17, 15) is 9.59 Å². The molecule has 0 bridgehead atoms. The van der Waals surface area contributed by atoms with E-state index in [-0.39, 0.29) is 18.9 Å². The lowest BCUT2D eigenvalue weighted by molar-refractivity contribution is -0.137. The van der Waals surface area contributed by atoms with Crippen LogP contribution in [0.2, 0.25) is 0 Å². The number of benzene rings is 1. The molecule has 1 saturated heterocycles. The highest BCUT2D eigenvalue weighted by atomic mass is 32.2. The molecule has 1 N–H and O–H groups in total. The number of hydrogen-bond donors (Lipinski definition) is 1. The number of amides is 1. The van der Waals surface area contributed by atoms with Crippen molar-refractivity contribution in [2.75, 3.05) is 24.5 Å². The van der Waals surface area contributed by atoms with Gasteiger partial charge in [-0.05, 0) is 36.6 Å². The zero-order valence-electron chi connectivity index (χ0n) is 16.5. The number of carboxylic acids is 1. The van der Waals surface area contributed by atoms with Gasteiger partial charge in [-0.25, -0.2) is 0 Å². The van der Waals surface area contributed by atoms with Crippen LogP contribution < -0.4 is 4.90 Å². The minimum atomic E-state index is -0.940. The van der Waals surface area contributed by atoms with Crippen LogP contribution in [-0.2, 0) is 9.59 Å². The summed E-state index contributed by atoms with van der Waals surface area (Å²) in [5, 5.41) is 8.82. The Morgan fingerprint density at radius 2 is 1.79 bits per heavy atom. The van der Waals surface area contributed by atoms with Gasteiger partial charge in [-0.2, -0.15) is 0 Å². The third kappa shape index (κ3) is 6.34. The summed E-state index contributed by atoms with van der Waals surface area (Å²) in [6.07, 6.45) is 6.40. The predicted octanol–water partition coefficient (Wildman–Crippen LogP) is 4.77. The summed E-state index contributed by atoms with van der Waals surface area (Å²) in [5.41, 5.74) is 2.14. The SMILES string of the molecule is CCCCN(CCCC)c1ccc(/C=C2\SC(=S)N(CCC(=O)O)C2=O)cc1. The van der Waals surface area contributed by atoms with E-state index in [2.05, 4.69) is 30.9 Å². The number of rotatable bonds is 11. The number of thioether (sulfide) groups is 1. The Labute approximate surface area is 176 Å². The molecule has 0 unspecified atom stereocenters. The summed E-state index contributed by atoms with van der Waals surface area (Å²) < 4.78 is 0.416. The molecule has 0 aliphatic carbocycles. The number of carbonyl (C=O) groups excluding carboxylic acids is 1. The van der Waals surface area contributed by atoms with Gasteiger partial charge in [0.2, 0.25) is 0 Å². The summed E-state index contributed by atoms with van der Waals surface area (Å²) in [6, 6.07) is 8.23. The summed E-state index contributed by atoms with van der Waals surface area (Å²) in [6.45, 7) is 6.62. The molecule has 5 nitrogen and oxygen atoms in total. The van der Waals surface area contributed by atoms with Crippen LogP contribution in [0.4, 0.5) is 5.69 Å². The lowest BCUT2D eigenvalue weighted by atomic mass is 10.1. The molecule has 28 heavy (non-hydrogen) atoms. The van der Waals surface area contributed by atoms with Crippen molar-refractivity contribution in [2.24, 2.45) is 0 Å². The lowest BCUT2D eigenvalue weighted by Gasteiger charge is -2.24. The third-order valence-electron chi connectivity index (χ3n) is 4.54. The second-order valence-electron chi connectivity index (χ2n) is 6.76. The molecule has 2 rings (SSSR count). The zero-order chi connectivity index (χ0) is 20.5. The Morgan fingerprint density at radius 1 is 1.18 bits per heavy atom. The number of hydrogen-bond acceptors (Lipinski definition) is 5. The number of carbonyl (C=O) groups is 2. The van der Waals surface area contributed by atoms with Crippen molar-refractivity contribution in [3.8, 4) is 0 Å². The molecule has 0 saturated carbocycles. The minimum absolute atomic E-state index is 0.111. The molecule has 1 amide bonds. The van der Waals surface area contributed by atoms with Crippen LogP contribution in [0.1, 0.15) is 51.5 Å². The zero-order valence-corrected chi connectivity index (χ0v) is 18.2. The van der Waals surface area contributed by atoms with Gasteiger partial charge in [-0.1, -0.05) is 62.8 Å². The quantitative estimate of drug-likeness (QED) is 0.411. The Morgan fingerprint density at radius 3 is 2.32 bits per heavy atom.